The fraction of sp³-hybridized carbons (Fsp3) is 0.750. The number of nitrogens with one attached hydrogen (secondary N) is 1. The molecule has 148 valence electrons. The Balaban J connectivity index is 1.53. The van der Waals surface area contributed by atoms with Crippen LogP contribution in [0, 0.1) is 0 Å². The molecule has 1 heterocycles. The van der Waals surface area contributed by atoms with Gasteiger partial charge in [-0.3, -0.25) is 4.79 Å². The van der Waals surface area contributed by atoms with Crippen LogP contribution >= 0.6 is 0 Å². The third kappa shape index (κ3) is 8.23. The molecule has 3 N–H and O–H groups in total. The van der Waals surface area contributed by atoms with Crippen LogP contribution in [-0.4, -0.2) is 32.1 Å². The second-order valence-corrected chi connectivity index (χ2v) is 7.16. The highest BCUT2D eigenvalue weighted by Crippen LogP contribution is 2.29. The molecular formula is C20H34N2O4. The minimum atomic E-state index is -0.0510. The number of hydrogen-bond donors (Lipinski definition) is 2. The lowest BCUT2D eigenvalue weighted by Crippen LogP contribution is -2.23. The predicted molar refractivity (Wildman–Crippen MR) is 101 cm³/mol. The van der Waals surface area contributed by atoms with E-state index < -0.39 is 0 Å². The van der Waals surface area contributed by atoms with E-state index in [4.69, 9.17) is 19.9 Å². The maximum atomic E-state index is 10.7. The monoisotopic (exact) mass is 366 g/mol. The average Bonchev–Trinajstić information content (AvgIpc) is 3.02. The Bertz CT molecular complexity index is 502. The molecule has 26 heavy (non-hydrogen) atoms. The van der Waals surface area contributed by atoms with Crippen LogP contribution < -0.4 is 11.1 Å². The van der Waals surface area contributed by atoms with Gasteiger partial charge in [0.15, 0.2) is 5.76 Å². The van der Waals surface area contributed by atoms with Gasteiger partial charge in [-0.1, -0.05) is 31.3 Å². The lowest BCUT2D eigenvalue weighted by molar-refractivity contribution is -0.120. The number of unbranched alkanes of at least 4 members (excludes halogenated alkanes) is 5. The first-order chi connectivity index (χ1) is 12.6. The zero-order chi connectivity index (χ0) is 18.6. The first-order valence-electron chi connectivity index (χ1n) is 9.91. The Kier molecular flexibility index (Phi) is 9.56. The van der Waals surface area contributed by atoms with Crippen LogP contribution in [0.4, 0.5) is 0 Å². The van der Waals surface area contributed by atoms with Crippen molar-refractivity contribution in [1.82, 2.24) is 5.32 Å². The molecule has 0 aromatic heterocycles. The Morgan fingerprint density at radius 3 is 2.81 bits per heavy atom. The van der Waals surface area contributed by atoms with Crippen molar-refractivity contribution < 1.29 is 19.0 Å². The van der Waals surface area contributed by atoms with Crippen molar-refractivity contribution in [3.63, 3.8) is 0 Å². The first-order valence-corrected chi connectivity index (χ1v) is 9.91. The van der Waals surface area contributed by atoms with Crippen LogP contribution in [0.3, 0.4) is 0 Å². The van der Waals surface area contributed by atoms with Gasteiger partial charge in [-0.2, -0.15) is 0 Å². The van der Waals surface area contributed by atoms with E-state index in [1.54, 1.807) is 0 Å². The highest BCUT2D eigenvalue weighted by atomic mass is 16.7. The van der Waals surface area contributed by atoms with Gasteiger partial charge in [-0.05, 0) is 38.2 Å². The van der Waals surface area contributed by atoms with Gasteiger partial charge in [0, 0.05) is 26.0 Å². The molecule has 0 spiro atoms. The van der Waals surface area contributed by atoms with E-state index in [1.165, 1.54) is 44.6 Å². The third-order valence-corrected chi connectivity index (χ3v) is 4.78. The minimum Gasteiger partial charge on any atom is -0.458 e. The highest BCUT2D eigenvalue weighted by molar-refractivity contribution is 5.72. The standard InChI is InChI=1S/C20H34N2O4/c1-16(23)22-14-24-11-7-5-3-2-4-6-8-17-12-18(21)9-10-19-20(13-17)26-15-25-19/h13,18H,2-12,14-15,21H2,1H3,(H,22,23)/b17-13-. The Labute approximate surface area is 157 Å². The molecule has 2 rings (SSSR count). The number of allylic oxidation sites excluding steroid dienone is 2. The molecule has 0 aromatic rings. The average molecular weight is 367 g/mol. The maximum Gasteiger partial charge on any atom is 0.230 e. The van der Waals surface area contributed by atoms with Gasteiger partial charge in [-0.25, -0.2) is 0 Å². The summed E-state index contributed by atoms with van der Waals surface area (Å²) in [7, 11) is 0. The molecule has 0 saturated carbocycles. The van der Waals surface area contributed by atoms with Gasteiger partial charge in [0.25, 0.3) is 0 Å². The van der Waals surface area contributed by atoms with E-state index in [0.29, 0.717) is 20.1 Å². The van der Waals surface area contributed by atoms with E-state index in [1.807, 2.05) is 0 Å². The van der Waals surface area contributed by atoms with E-state index in [9.17, 15) is 4.79 Å². The summed E-state index contributed by atoms with van der Waals surface area (Å²) >= 11 is 0. The summed E-state index contributed by atoms with van der Waals surface area (Å²) in [4.78, 5) is 10.7. The largest absolute Gasteiger partial charge is 0.458 e. The van der Waals surface area contributed by atoms with Gasteiger partial charge < -0.3 is 25.3 Å². The molecule has 6 heteroatoms. The summed E-state index contributed by atoms with van der Waals surface area (Å²) in [6.07, 6.45) is 13.2. The van der Waals surface area contributed by atoms with Crippen LogP contribution in [-0.2, 0) is 19.0 Å². The van der Waals surface area contributed by atoms with Gasteiger partial charge in [0.1, 0.15) is 12.5 Å². The van der Waals surface area contributed by atoms with Crippen molar-refractivity contribution in [2.45, 2.75) is 77.2 Å². The molecule has 0 saturated heterocycles. The number of hydrogen-bond acceptors (Lipinski definition) is 5. The summed E-state index contributed by atoms with van der Waals surface area (Å²) < 4.78 is 16.4. The van der Waals surface area contributed by atoms with Gasteiger partial charge in [0.05, 0.1) is 0 Å². The molecule has 0 fully saturated rings. The molecule has 1 aliphatic heterocycles. The Morgan fingerprint density at radius 2 is 2.00 bits per heavy atom. The molecule has 1 unspecified atom stereocenters. The van der Waals surface area contributed by atoms with Gasteiger partial charge in [-0.15, -0.1) is 0 Å². The number of carbonyl (C=O) groups excluding carboxylic acids is 1. The van der Waals surface area contributed by atoms with Crippen LogP contribution in [0.1, 0.15) is 71.1 Å². The van der Waals surface area contributed by atoms with E-state index >= 15 is 0 Å². The van der Waals surface area contributed by atoms with E-state index in [2.05, 4.69) is 11.4 Å². The summed E-state index contributed by atoms with van der Waals surface area (Å²) in [6.45, 7) is 2.87. The summed E-state index contributed by atoms with van der Waals surface area (Å²) in [6, 6.07) is 0.219. The second kappa shape index (κ2) is 12.0. The van der Waals surface area contributed by atoms with Crippen molar-refractivity contribution >= 4 is 5.91 Å². The maximum absolute atomic E-state index is 10.7. The minimum absolute atomic E-state index is 0.0510. The molecular weight excluding hydrogens is 332 g/mol. The number of carbonyl (C=O) groups is 1. The van der Waals surface area contributed by atoms with Crippen LogP contribution in [0.25, 0.3) is 0 Å². The normalized spacial score (nSPS) is 21.8. The lowest BCUT2D eigenvalue weighted by atomic mass is 9.94. The van der Waals surface area contributed by atoms with Crippen molar-refractivity contribution in [3.05, 3.63) is 23.2 Å². The summed E-state index contributed by atoms with van der Waals surface area (Å²) in [5.41, 5.74) is 7.61. The van der Waals surface area contributed by atoms with Crippen LogP contribution in [0.2, 0.25) is 0 Å². The molecule has 0 aromatic carbocycles. The van der Waals surface area contributed by atoms with Gasteiger partial charge in [0.2, 0.25) is 12.7 Å². The van der Waals surface area contributed by atoms with Crippen molar-refractivity contribution in [1.29, 1.82) is 0 Å². The van der Waals surface area contributed by atoms with E-state index in [-0.39, 0.29) is 11.9 Å². The SMILES string of the molecule is CC(=O)NCOCCCCCCCC/C1=C/C2=C(CCC(N)C1)OCO2. The van der Waals surface area contributed by atoms with Crippen molar-refractivity contribution in [3.8, 4) is 0 Å². The van der Waals surface area contributed by atoms with Crippen molar-refractivity contribution in [2.24, 2.45) is 5.73 Å². The summed E-state index contributed by atoms with van der Waals surface area (Å²) in [5, 5.41) is 2.63. The van der Waals surface area contributed by atoms with E-state index in [0.717, 1.165) is 43.6 Å². The van der Waals surface area contributed by atoms with Crippen LogP contribution in [0.5, 0.6) is 0 Å². The number of ether oxygens (including phenoxy) is 3. The van der Waals surface area contributed by atoms with Crippen molar-refractivity contribution in [2.75, 3.05) is 20.1 Å². The molecule has 1 amide bonds. The third-order valence-electron chi connectivity index (χ3n) is 4.78. The van der Waals surface area contributed by atoms with Gasteiger partial charge >= 0.3 is 0 Å². The second-order valence-electron chi connectivity index (χ2n) is 7.16. The number of nitrogens with two attached hydrogens (primary N) is 1. The van der Waals surface area contributed by atoms with Crippen LogP contribution in [0.15, 0.2) is 23.2 Å². The molecule has 2 aliphatic rings. The smallest absolute Gasteiger partial charge is 0.230 e. The Hall–Kier alpha value is -1.53. The topological polar surface area (TPSA) is 82.8 Å². The molecule has 0 radical (unpaired) electrons. The zero-order valence-electron chi connectivity index (χ0n) is 16.1. The molecule has 0 bridgehead atoms. The lowest BCUT2D eigenvalue weighted by Gasteiger charge is -2.17. The fourth-order valence-electron chi connectivity index (χ4n) is 3.30. The molecule has 6 nitrogen and oxygen atoms in total. The number of rotatable bonds is 11. The number of amides is 1. The predicted octanol–water partition coefficient (Wildman–Crippen LogP) is 3.48. The molecule has 1 atom stereocenters. The Morgan fingerprint density at radius 1 is 1.23 bits per heavy atom. The fourth-order valence-corrected chi connectivity index (χ4v) is 3.30. The summed E-state index contributed by atoms with van der Waals surface area (Å²) in [5.74, 6) is 1.84. The highest BCUT2D eigenvalue weighted by Gasteiger charge is 2.20. The first kappa shape index (κ1) is 20.8. The quantitative estimate of drug-likeness (QED) is 0.432. The zero-order valence-corrected chi connectivity index (χ0v) is 16.1. The molecule has 1 aliphatic carbocycles.